The van der Waals surface area contributed by atoms with Crippen molar-refractivity contribution in [2.45, 2.75) is 38.6 Å². The number of benzene rings is 2. The summed E-state index contributed by atoms with van der Waals surface area (Å²) in [6.45, 7) is 5.81. The Kier molecular flexibility index (Phi) is 7.66. The number of nitrogens with zero attached hydrogens (tertiary/aromatic N) is 2. The lowest BCUT2D eigenvalue weighted by Gasteiger charge is -2.09. The highest BCUT2D eigenvalue weighted by Crippen LogP contribution is 2.17. The van der Waals surface area contributed by atoms with Gasteiger partial charge in [0.15, 0.2) is 5.82 Å². The van der Waals surface area contributed by atoms with Crippen molar-refractivity contribution in [3.63, 3.8) is 0 Å². The predicted molar refractivity (Wildman–Crippen MR) is 118 cm³/mol. The van der Waals surface area contributed by atoms with Crippen LogP contribution < -0.4 is 10.1 Å². The minimum Gasteiger partial charge on any atom is -0.486 e. The highest BCUT2D eigenvalue weighted by atomic mass is 32.2. The van der Waals surface area contributed by atoms with Crippen LogP contribution in [0.25, 0.3) is 0 Å². The number of ether oxygens (including phenoxy) is 2. The number of nitrogens with one attached hydrogen (secondary N) is 2. The van der Waals surface area contributed by atoms with Crippen molar-refractivity contribution in [2.24, 2.45) is 0 Å². The zero-order valence-electron chi connectivity index (χ0n) is 17.5. The largest absolute Gasteiger partial charge is 0.486 e. The average molecular weight is 441 g/mol. The van der Waals surface area contributed by atoms with Gasteiger partial charge in [-0.25, -0.2) is 9.78 Å². The maximum Gasteiger partial charge on any atom is 0.338 e. The molecular weight excluding hydrogens is 416 g/mol. The Hall–Kier alpha value is -3.33. The number of anilines is 1. The van der Waals surface area contributed by atoms with E-state index in [9.17, 15) is 9.59 Å². The number of amides is 1. The van der Waals surface area contributed by atoms with E-state index in [1.54, 1.807) is 38.1 Å². The SMILES string of the molecule is Cc1cccc(OCc2nc(SCC(=O)Nc3cccc(C(=O)OC(C)C)c3)n[nH]2)c1. The van der Waals surface area contributed by atoms with Crippen molar-refractivity contribution in [1.82, 2.24) is 15.2 Å². The fourth-order valence-corrected chi connectivity index (χ4v) is 3.21. The second kappa shape index (κ2) is 10.6. The van der Waals surface area contributed by atoms with Crippen LogP contribution in [0.1, 0.15) is 35.6 Å². The number of carbonyl (C=O) groups is 2. The lowest BCUT2D eigenvalue weighted by molar-refractivity contribution is -0.113. The molecule has 1 heterocycles. The number of H-pyrrole nitrogens is 1. The first-order valence-corrected chi connectivity index (χ1v) is 10.7. The lowest BCUT2D eigenvalue weighted by Crippen LogP contribution is -2.15. The van der Waals surface area contributed by atoms with Crippen molar-refractivity contribution in [1.29, 1.82) is 0 Å². The van der Waals surface area contributed by atoms with Gasteiger partial charge in [0.1, 0.15) is 12.4 Å². The maximum absolute atomic E-state index is 12.3. The van der Waals surface area contributed by atoms with E-state index in [4.69, 9.17) is 9.47 Å². The number of thioether (sulfide) groups is 1. The summed E-state index contributed by atoms with van der Waals surface area (Å²) in [5.41, 5.74) is 2.01. The topological polar surface area (TPSA) is 106 Å². The summed E-state index contributed by atoms with van der Waals surface area (Å²) in [6.07, 6.45) is -0.212. The number of hydrogen-bond donors (Lipinski definition) is 2. The monoisotopic (exact) mass is 440 g/mol. The number of aromatic amines is 1. The minimum absolute atomic E-state index is 0.122. The van der Waals surface area contributed by atoms with Crippen LogP contribution in [0.15, 0.2) is 53.7 Å². The van der Waals surface area contributed by atoms with E-state index < -0.39 is 5.97 Å². The second-order valence-electron chi connectivity index (χ2n) is 7.04. The van der Waals surface area contributed by atoms with Crippen LogP contribution in [0.2, 0.25) is 0 Å². The Morgan fingerprint density at radius 3 is 2.74 bits per heavy atom. The first-order chi connectivity index (χ1) is 14.9. The third kappa shape index (κ3) is 7.14. The summed E-state index contributed by atoms with van der Waals surface area (Å²) >= 11 is 1.20. The molecular formula is C22H24N4O4S. The molecule has 3 aromatic rings. The summed E-state index contributed by atoms with van der Waals surface area (Å²) in [7, 11) is 0. The Bertz CT molecular complexity index is 1050. The highest BCUT2D eigenvalue weighted by molar-refractivity contribution is 7.99. The zero-order chi connectivity index (χ0) is 22.2. The van der Waals surface area contributed by atoms with Gasteiger partial charge in [-0.05, 0) is 56.7 Å². The zero-order valence-corrected chi connectivity index (χ0v) is 18.4. The molecule has 0 atom stereocenters. The molecule has 2 aromatic carbocycles. The Morgan fingerprint density at radius 1 is 1.16 bits per heavy atom. The van der Waals surface area contributed by atoms with E-state index in [1.165, 1.54) is 11.8 Å². The summed E-state index contributed by atoms with van der Waals surface area (Å²) in [5.74, 6) is 0.782. The van der Waals surface area contributed by atoms with Gasteiger partial charge < -0.3 is 14.8 Å². The van der Waals surface area contributed by atoms with Crippen molar-refractivity contribution < 1.29 is 19.1 Å². The molecule has 9 heteroatoms. The van der Waals surface area contributed by atoms with Gasteiger partial charge in [0.05, 0.1) is 17.4 Å². The lowest BCUT2D eigenvalue weighted by atomic mass is 10.2. The third-order valence-corrected chi connectivity index (χ3v) is 4.78. The van der Waals surface area contributed by atoms with Gasteiger partial charge in [0.2, 0.25) is 11.1 Å². The molecule has 162 valence electrons. The normalized spacial score (nSPS) is 10.7. The Labute approximate surface area is 184 Å². The van der Waals surface area contributed by atoms with Crippen LogP contribution in [-0.4, -0.2) is 38.9 Å². The van der Waals surface area contributed by atoms with E-state index in [0.29, 0.717) is 22.2 Å². The van der Waals surface area contributed by atoms with Crippen LogP contribution in [0.4, 0.5) is 5.69 Å². The quantitative estimate of drug-likeness (QED) is 0.383. The fraction of sp³-hybridized carbons (Fsp3) is 0.273. The number of aromatic nitrogens is 3. The molecule has 0 saturated heterocycles. The molecule has 0 fully saturated rings. The van der Waals surface area contributed by atoms with Crippen LogP contribution in [0.3, 0.4) is 0 Å². The average Bonchev–Trinajstić information content (AvgIpc) is 3.18. The van der Waals surface area contributed by atoms with Crippen molar-refractivity contribution in [3.8, 4) is 5.75 Å². The van der Waals surface area contributed by atoms with E-state index in [-0.39, 0.29) is 24.4 Å². The van der Waals surface area contributed by atoms with Crippen LogP contribution >= 0.6 is 11.8 Å². The molecule has 0 aliphatic rings. The predicted octanol–water partition coefficient (Wildman–Crippen LogP) is 3.99. The van der Waals surface area contributed by atoms with Crippen LogP contribution in [-0.2, 0) is 16.1 Å². The number of carbonyl (C=O) groups excluding carboxylic acids is 2. The fourth-order valence-electron chi connectivity index (χ4n) is 2.60. The Balaban J connectivity index is 1.47. The van der Waals surface area contributed by atoms with Gasteiger partial charge in [-0.3, -0.25) is 9.89 Å². The summed E-state index contributed by atoms with van der Waals surface area (Å²) in [4.78, 5) is 28.6. The van der Waals surface area contributed by atoms with Crippen molar-refractivity contribution >= 4 is 29.3 Å². The molecule has 8 nitrogen and oxygen atoms in total. The molecule has 0 saturated carbocycles. The molecule has 1 aromatic heterocycles. The van der Waals surface area contributed by atoms with Gasteiger partial charge in [0.25, 0.3) is 0 Å². The molecule has 0 unspecified atom stereocenters. The summed E-state index contributed by atoms with van der Waals surface area (Å²) < 4.78 is 10.9. The van der Waals surface area contributed by atoms with Crippen LogP contribution in [0.5, 0.6) is 5.75 Å². The standard InChI is InChI=1S/C22H24N4O4S/c1-14(2)30-21(28)16-7-5-8-17(11-16)23-20(27)13-31-22-24-19(25-26-22)12-29-18-9-4-6-15(3)10-18/h4-11,14H,12-13H2,1-3H3,(H,23,27)(H,24,25,26). The van der Waals surface area contributed by atoms with Gasteiger partial charge in [-0.15, -0.1) is 5.10 Å². The molecule has 0 spiro atoms. The van der Waals surface area contributed by atoms with Gasteiger partial charge in [0, 0.05) is 5.69 Å². The van der Waals surface area contributed by atoms with Gasteiger partial charge in [-0.1, -0.05) is 30.0 Å². The highest BCUT2D eigenvalue weighted by Gasteiger charge is 2.12. The van der Waals surface area contributed by atoms with Gasteiger partial charge in [-0.2, -0.15) is 0 Å². The van der Waals surface area contributed by atoms with E-state index in [1.807, 2.05) is 31.2 Å². The Morgan fingerprint density at radius 2 is 1.97 bits per heavy atom. The molecule has 3 rings (SSSR count). The molecule has 2 N–H and O–H groups in total. The molecule has 31 heavy (non-hydrogen) atoms. The molecule has 0 aliphatic carbocycles. The summed E-state index contributed by atoms with van der Waals surface area (Å²) in [5, 5.41) is 10.1. The number of hydrogen-bond acceptors (Lipinski definition) is 7. The van der Waals surface area contributed by atoms with Crippen molar-refractivity contribution in [2.75, 3.05) is 11.1 Å². The second-order valence-corrected chi connectivity index (χ2v) is 7.98. The first-order valence-electron chi connectivity index (χ1n) is 9.73. The molecule has 0 bridgehead atoms. The number of aryl methyl sites for hydroxylation is 1. The first kappa shape index (κ1) is 22.4. The molecule has 0 radical (unpaired) electrons. The smallest absolute Gasteiger partial charge is 0.338 e. The number of esters is 1. The van der Waals surface area contributed by atoms with Crippen molar-refractivity contribution in [3.05, 3.63) is 65.5 Å². The van der Waals surface area contributed by atoms with E-state index in [0.717, 1.165) is 11.3 Å². The summed E-state index contributed by atoms with van der Waals surface area (Å²) in [6, 6.07) is 14.4. The number of rotatable bonds is 9. The van der Waals surface area contributed by atoms with E-state index >= 15 is 0 Å². The van der Waals surface area contributed by atoms with Crippen LogP contribution in [0, 0.1) is 6.92 Å². The van der Waals surface area contributed by atoms with E-state index in [2.05, 4.69) is 20.5 Å². The third-order valence-electron chi connectivity index (χ3n) is 3.93. The molecule has 0 aliphatic heterocycles. The minimum atomic E-state index is -0.429. The van der Waals surface area contributed by atoms with Gasteiger partial charge >= 0.3 is 5.97 Å². The maximum atomic E-state index is 12.3. The molecule has 1 amide bonds.